The first kappa shape index (κ1) is 12.5. The highest BCUT2D eigenvalue weighted by Crippen LogP contribution is 2.18. The van der Waals surface area contributed by atoms with Crippen molar-refractivity contribution in [2.24, 2.45) is 5.73 Å². The molecule has 1 aromatic rings. The van der Waals surface area contributed by atoms with E-state index < -0.39 is 0 Å². The van der Waals surface area contributed by atoms with Crippen LogP contribution in [-0.4, -0.2) is 10.7 Å². The Balaban J connectivity index is 2.36. The molecule has 0 aliphatic heterocycles. The second kappa shape index (κ2) is 6.85. The van der Waals surface area contributed by atoms with Crippen molar-refractivity contribution in [3.8, 4) is 0 Å². The highest BCUT2D eigenvalue weighted by Gasteiger charge is 2.00. The van der Waals surface area contributed by atoms with Gasteiger partial charge in [-0.1, -0.05) is 25.8 Å². The van der Waals surface area contributed by atoms with Crippen molar-refractivity contribution in [3.63, 3.8) is 0 Å². The van der Waals surface area contributed by atoms with Gasteiger partial charge in [-0.2, -0.15) is 0 Å². The van der Waals surface area contributed by atoms with Crippen LogP contribution in [0.25, 0.3) is 0 Å². The van der Waals surface area contributed by atoms with Gasteiger partial charge in [0.15, 0.2) is 0 Å². The fraction of sp³-hybridized carbons (Fsp3) is 0.583. The van der Waals surface area contributed by atoms with Crippen LogP contribution in [0.4, 0.5) is 0 Å². The van der Waals surface area contributed by atoms with E-state index in [4.69, 9.17) is 5.73 Å². The summed E-state index contributed by atoms with van der Waals surface area (Å²) in [6, 6.07) is 4.21. The lowest BCUT2D eigenvalue weighted by atomic mass is 10.2. The molecular formula is C12H20N2S. The Morgan fingerprint density at radius 3 is 2.73 bits per heavy atom. The lowest BCUT2D eigenvalue weighted by Crippen LogP contribution is -2.05. The molecule has 0 aliphatic carbocycles. The average Bonchev–Trinajstić information content (AvgIpc) is 2.25. The van der Waals surface area contributed by atoms with Crippen molar-refractivity contribution in [3.05, 3.63) is 23.9 Å². The molecule has 2 N–H and O–H groups in total. The Kier molecular flexibility index (Phi) is 5.73. The third-order valence-electron chi connectivity index (χ3n) is 2.28. The smallest absolute Gasteiger partial charge is 0.0960 e. The minimum Gasteiger partial charge on any atom is -0.324 e. The summed E-state index contributed by atoms with van der Waals surface area (Å²) in [5.74, 6) is 1.17. The zero-order valence-corrected chi connectivity index (χ0v) is 10.4. The van der Waals surface area contributed by atoms with E-state index in [1.54, 1.807) is 0 Å². The molecule has 0 fully saturated rings. The summed E-state index contributed by atoms with van der Waals surface area (Å²) >= 11 is 1.83. The number of pyridine rings is 1. The second-order valence-electron chi connectivity index (χ2n) is 3.77. The number of thioether (sulfide) groups is 1. The van der Waals surface area contributed by atoms with E-state index in [1.165, 1.54) is 25.0 Å². The summed E-state index contributed by atoms with van der Waals surface area (Å²) in [7, 11) is 0. The zero-order chi connectivity index (χ0) is 11.1. The number of aromatic nitrogens is 1. The Labute approximate surface area is 96.7 Å². The number of rotatable bonds is 6. The molecule has 1 atom stereocenters. The van der Waals surface area contributed by atoms with Crippen molar-refractivity contribution in [1.29, 1.82) is 0 Å². The summed E-state index contributed by atoms with van der Waals surface area (Å²) in [5, 5.41) is 1.11. The predicted octanol–water partition coefficient (Wildman–Crippen LogP) is 3.38. The van der Waals surface area contributed by atoms with Gasteiger partial charge in [-0.05, 0) is 30.7 Å². The molecule has 0 aromatic carbocycles. The summed E-state index contributed by atoms with van der Waals surface area (Å²) in [6.45, 7) is 4.20. The molecule has 0 aliphatic rings. The molecular weight excluding hydrogens is 204 g/mol. The monoisotopic (exact) mass is 224 g/mol. The van der Waals surface area contributed by atoms with Gasteiger partial charge in [-0.3, -0.25) is 0 Å². The number of hydrogen-bond donors (Lipinski definition) is 1. The molecule has 1 unspecified atom stereocenters. The van der Waals surface area contributed by atoms with Crippen molar-refractivity contribution >= 4 is 11.8 Å². The molecule has 3 heteroatoms. The lowest BCUT2D eigenvalue weighted by Gasteiger charge is -2.05. The van der Waals surface area contributed by atoms with Crippen molar-refractivity contribution in [1.82, 2.24) is 4.98 Å². The van der Waals surface area contributed by atoms with Crippen LogP contribution in [0.15, 0.2) is 23.4 Å². The van der Waals surface area contributed by atoms with E-state index in [0.717, 1.165) is 10.6 Å². The van der Waals surface area contributed by atoms with E-state index in [9.17, 15) is 0 Å². The minimum absolute atomic E-state index is 0.0802. The number of hydrogen-bond acceptors (Lipinski definition) is 3. The fourth-order valence-electron chi connectivity index (χ4n) is 1.28. The van der Waals surface area contributed by atoms with Gasteiger partial charge in [0.1, 0.15) is 0 Å². The maximum atomic E-state index is 5.76. The Bertz CT molecular complexity index is 269. The van der Waals surface area contributed by atoms with Gasteiger partial charge >= 0.3 is 0 Å². The van der Waals surface area contributed by atoms with Crippen molar-refractivity contribution < 1.29 is 0 Å². The second-order valence-corrected chi connectivity index (χ2v) is 4.89. The molecule has 0 saturated heterocycles. The first-order valence-electron chi connectivity index (χ1n) is 5.58. The summed E-state index contributed by atoms with van der Waals surface area (Å²) in [4.78, 5) is 4.38. The Morgan fingerprint density at radius 2 is 2.20 bits per heavy atom. The number of unbranched alkanes of at least 4 members (excludes halogenated alkanes) is 2. The Morgan fingerprint density at radius 1 is 1.40 bits per heavy atom. The highest BCUT2D eigenvalue weighted by atomic mass is 32.2. The molecule has 0 radical (unpaired) electrons. The molecule has 1 heterocycles. The molecule has 1 rings (SSSR count). The Hall–Kier alpha value is -0.540. The van der Waals surface area contributed by atoms with Gasteiger partial charge < -0.3 is 5.73 Å². The standard InChI is InChI=1S/C12H20N2S/c1-3-4-5-8-15-12-7-6-11(9-14-12)10(2)13/h6-7,9-10H,3-5,8,13H2,1-2H3. The van der Waals surface area contributed by atoms with Crippen LogP contribution < -0.4 is 5.73 Å². The SMILES string of the molecule is CCCCCSc1ccc(C(C)N)cn1. The van der Waals surface area contributed by atoms with E-state index >= 15 is 0 Å². The third-order valence-corrected chi connectivity index (χ3v) is 3.31. The molecule has 0 spiro atoms. The molecule has 0 saturated carbocycles. The lowest BCUT2D eigenvalue weighted by molar-refractivity contribution is 0.777. The van der Waals surface area contributed by atoms with E-state index in [2.05, 4.69) is 24.0 Å². The topological polar surface area (TPSA) is 38.9 Å². The van der Waals surface area contributed by atoms with Crippen LogP contribution in [0.2, 0.25) is 0 Å². The molecule has 0 amide bonds. The molecule has 1 aromatic heterocycles. The first-order chi connectivity index (χ1) is 7.24. The normalized spacial score (nSPS) is 12.7. The van der Waals surface area contributed by atoms with Crippen LogP contribution in [0.3, 0.4) is 0 Å². The van der Waals surface area contributed by atoms with E-state index in [0.29, 0.717) is 0 Å². The van der Waals surface area contributed by atoms with Gasteiger partial charge in [0.2, 0.25) is 0 Å². The summed E-state index contributed by atoms with van der Waals surface area (Å²) in [5.41, 5.74) is 6.86. The van der Waals surface area contributed by atoms with Gasteiger partial charge in [-0.25, -0.2) is 4.98 Å². The molecule has 84 valence electrons. The van der Waals surface area contributed by atoms with Crippen molar-refractivity contribution in [2.45, 2.75) is 44.2 Å². The van der Waals surface area contributed by atoms with Gasteiger partial charge in [0.05, 0.1) is 5.03 Å². The van der Waals surface area contributed by atoms with Crippen LogP contribution in [0, 0.1) is 0 Å². The molecule has 15 heavy (non-hydrogen) atoms. The van der Waals surface area contributed by atoms with Crippen LogP contribution in [-0.2, 0) is 0 Å². The maximum Gasteiger partial charge on any atom is 0.0960 e. The average molecular weight is 224 g/mol. The fourth-order valence-corrected chi connectivity index (χ4v) is 2.12. The quantitative estimate of drug-likeness (QED) is 0.594. The van der Waals surface area contributed by atoms with E-state index in [-0.39, 0.29) is 6.04 Å². The van der Waals surface area contributed by atoms with Crippen LogP contribution in [0.1, 0.15) is 44.7 Å². The largest absolute Gasteiger partial charge is 0.324 e. The first-order valence-corrected chi connectivity index (χ1v) is 6.57. The van der Waals surface area contributed by atoms with Gasteiger partial charge in [0.25, 0.3) is 0 Å². The van der Waals surface area contributed by atoms with Crippen molar-refractivity contribution in [2.75, 3.05) is 5.75 Å². The number of nitrogens with two attached hydrogens (primary N) is 1. The third kappa shape index (κ3) is 4.67. The van der Waals surface area contributed by atoms with Gasteiger partial charge in [-0.15, -0.1) is 11.8 Å². The maximum absolute atomic E-state index is 5.76. The predicted molar refractivity (Wildman–Crippen MR) is 67.1 cm³/mol. The highest BCUT2D eigenvalue weighted by molar-refractivity contribution is 7.99. The minimum atomic E-state index is 0.0802. The van der Waals surface area contributed by atoms with Gasteiger partial charge in [0, 0.05) is 12.2 Å². The van der Waals surface area contributed by atoms with Crippen LogP contribution in [0.5, 0.6) is 0 Å². The zero-order valence-electron chi connectivity index (χ0n) is 9.57. The number of nitrogens with zero attached hydrogens (tertiary/aromatic N) is 1. The molecule has 2 nitrogen and oxygen atoms in total. The molecule has 0 bridgehead atoms. The summed E-state index contributed by atoms with van der Waals surface area (Å²) < 4.78 is 0. The van der Waals surface area contributed by atoms with Crippen LogP contribution >= 0.6 is 11.8 Å². The summed E-state index contributed by atoms with van der Waals surface area (Å²) in [6.07, 6.45) is 5.74. The van der Waals surface area contributed by atoms with E-state index in [1.807, 2.05) is 24.9 Å².